The van der Waals surface area contributed by atoms with E-state index in [0.717, 1.165) is 55.8 Å². The Hall–Kier alpha value is -2.44. The highest BCUT2D eigenvalue weighted by Crippen LogP contribution is 2.30. The minimum absolute atomic E-state index is 0.118. The Labute approximate surface area is 160 Å². The monoisotopic (exact) mass is 368 g/mol. The van der Waals surface area contributed by atoms with Gasteiger partial charge in [0.25, 0.3) is 0 Å². The molecular formula is C20H28N6O. The van der Waals surface area contributed by atoms with Gasteiger partial charge in [0.15, 0.2) is 0 Å². The van der Waals surface area contributed by atoms with Crippen molar-refractivity contribution in [2.24, 2.45) is 5.92 Å². The SMILES string of the molecule is CC(=O)N1CCc2c(nc(C)nc2N2CCC[C@H](Cn3ccnc3C)C2)C1. The van der Waals surface area contributed by atoms with Gasteiger partial charge in [-0.25, -0.2) is 15.0 Å². The molecule has 0 N–H and O–H groups in total. The van der Waals surface area contributed by atoms with Crippen molar-refractivity contribution < 1.29 is 4.79 Å². The van der Waals surface area contributed by atoms with Gasteiger partial charge in [0.2, 0.25) is 5.91 Å². The largest absolute Gasteiger partial charge is 0.356 e. The third kappa shape index (κ3) is 3.68. The van der Waals surface area contributed by atoms with Crippen LogP contribution in [0.15, 0.2) is 12.4 Å². The summed E-state index contributed by atoms with van der Waals surface area (Å²) in [6, 6.07) is 0. The van der Waals surface area contributed by atoms with E-state index in [1.165, 1.54) is 18.4 Å². The summed E-state index contributed by atoms with van der Waals surface area (Å²) in [7, 11) is 0. The zero-order valence-electron chi connectivity index (χ0n) is 16.5. The Bertz CT molecular complexity index is 845. The van der Waals surface area contributed by atoms with Gasteiger partial charge in [0.1, 0.15) is 17.5 Å². The Kier molecular flexibility index (Phi) is 4.85. The molecule has 1 atom stereocenters. The van der Waals surface area contributed by atoms with E-state index in [9.17, 15) is 4.79 Å². The van der Waals surface area contributed by atoms with Gasteiger partial charge < -0.3 is 14.4 Å². The fraction of sp³-hybridized carbons (Fsp3) is 0.600. The Morgan fingerprint density at radius 3 is 2.85 bits per heavy atom. The van der Waals surface area contributed by atoms with Crippen molar-refractivity contribution in [3.63, 3.8) is 0 Å². The average molecular weight is 368 g/mol. The molecule has 7 heteroatoms. The third-order valence-electron chi connectivity index (χ3n) is 5.80. The molecule has 1 amide bonds. The fourth-order valence-electron chi connectivity index (χ4n) is 4.34. The van der Waals surface area contributed by atoms with Gasteiger partial charge in [-0.2, -0.15) is 0 Å². The highest BCUT2D eigenvalue weighted by molar-refractivity contribution is 5.73. The molecule has 2 aliphatic rings. The quantitative estimate of drug-likeness (QED) is 0.830. The summed E-state index contributed by atoms with van der Waals surface area (Å²) >= 11 is 0. The van der Waals surface area contributed by atoms with Crippen LogP contribution in [0.5, 0.6) is 0 Å². The van der Waals surface area contributed by atoms with E-state index in [-0.39, 0.29) is 5.91 Å². The molecule has 7 nitrogen and oxygen atoms in total. The van der Waals surface area contributed by atoms with E-state index in [4.69, 9.17) is 4.98 Å². The zero-order chi connectivity index (χ0) is 19.0. The molecule has 0 saturated carbocycles. The second-order valence-electron chi connectivity index (χ2n) is 7.79. The number of imidazole rings is 1. The molecular weight excluding hydrogens is 340 g/mol. The van der Waals surface area contributed by atoms with Gasteiger partial charge in [-0.1, -0.05) is 0 Å². The molecule has 0 bridgehead atoms. The summed E-state index contributed by atoms with van der Waals surface area (Å²) in [5.41, 5.74) is 2.25. The molecule has 1 fully saturated rings. The van der Waals surface area contributed by atoms with Crippen LogP contribution in [-0.4, -0.2) is 50.0 Å². The number of carbonyl (C=O) groups is 1. The summed E-state index contributed by atoms with van der Waals surface area (Å²) in [6.07, 6.45) is 7.20. The summed E-state index contributed by atoms with van der Waals surface area (Å²) < 4.78 is 2.25. The lowest BCUT2D eigenvalue weighted by Gasteiger charge is -2.37. The number of hydrogen-bond donors (Lipinski definition) is 0. The van der Waals surface area contributed by atoms with Crippen LogP contribution in [0.1, 0.15) is 42.7 Å². The topological polar surface area (TPSA) is 67.2 Å². The molecule has 0 radical (unpaired) electrons. The maximum Gasteiger partial charge on any atom is 0.219 e. The Morgan fingerprint density at radius 1 is 1.26 bits per heavy atom. The smallest absolute Gasteiger partial charge is 0.219 e. The van der Waals surface area contributed by atoms with Crippen molar-refractivity contribution in [3.05, 3.63) is 35.3 Å². The molecule has 0 spiro atoms. The Balaban J connectivity index is 1.56. The second-order valence-corrected chi connectivity index (χ2v) is 7.79. The van der Waals surface area contributed by atoms with Crippen LogP contribution in [0.25, 0.3) is 0 Å². The molecule has 2 aromatic heterocycles. The van der Waals surface area contributed by atoms with Gasteiger partial charge >= 0.3 is 0 Å². The first kappa shape index (κ1) is 17.9. The number of fused-ring (bicyclic) bond motifs is 1. The van der Waals surface area contributed by atoms with Crippen LogP contribution in [0, 0.1) is 19.8 Å². The molecule has 0 aromatic carbocycles. The summed E-state index contributed by atoms with van der Waals surface area (Å²) in [4.78, 5) is 29.9. The first-order valence-corrected chi connectivity index (χ1v) is 9.86. The number of anilines is 1. The maximum atomic E-state index is 11.8. The molecule has 144 valence electrons. The van der Waals surface area contributed by atoms with Crippen molar-refractivity contribution >= 4 is 11.7 Å². The van der Waals surface area contributed by atoms with Crippen LogP contribution in [0.3, 0.4) is 0 Å². The van der Waals surface area contributed by atoms with E-state index in [1.54, 1.807) is 6.92 Å². The lowest BCUT2D eigenvalue weighted by Crippen LogP contribution is -2.40. The molecule has 0 unspecified atom stereocenters. The number of amides is 1. The number of carbonyl (C=O) groups excluding carboxylic acids is 1. The molecule has 0 aliphatic carbocycles. The Morgan fingerprint density at radius 2 is 2.11 bits per heavy atom. The van der Waals surface area contributed by atoms with Crippen molar-refractivity contribution in [3.8, 4) is 0 Å². The highest BCUT2D eigenvalue weighted by atomic mass is 16.2. The zero-order valence-corrected chi connectivity index (χ0v) is 16.5. The summed E-state index contributed by atoms with van der Waals surface area (Å²) in [6.45, 7) is 10.1. The van der Waals surface area contributed by atoms with Crippen LogP contribution in [0.4, 0.5) is 5.82 Å². The van der Waals surface area contributed by atoms with Gasteiger partial charge in [0, 0.05) is 51.1 Å². The first-order valence-electron chi connectivity index (χ1n) is 9.86. The number of aromatic nitrogens is 4. The molecule has 2 aliphatic heterocycles. The number of piperidine rings is 1. The predicted octanol–water partition coefficient (Wildman–Crippen LogP) is 2.11. The highest BCUT2D eigenvalue weighted by Gasteiger charge is 2.28. The summed E-state index contributed by atoms with van der Waals surface area (Å²) in [5.74, 6) is 3.67. The molecule has 4 heterocycles. The molecule has 27 heavy (non-hydrogen) atoms. The van der Waals surface area contributed by atoms with E-state index in [0.29, 0.717) is 12.5 Å². The van der Waals surface area contributed by atoms with Gasteiger partial charge in [-0.3, -0.25) is 4.79 Å². The molecule has 2 aromatic rings. The van der Waals surface area contributed by atoms with Crippen LogP contribution in [-0.2, 0) is 24.3 Å². The maximum absolute atomic E-state index is 11.8. The normalized spacial score (nSPS) is 19.9. The van der Waals surface area contributed by atoms with Gasteiger partial charge in [-0.15, -0.1) is 0 Å². The van der Waals surface area contributed by atoms with Crippen LogP contribution >= 0.6 is 0 Å². The number of nitrogens with zero attached hydrogens (tertiary/aromatic N) is 6. The number of hydrogen-bond acceptors (Lipinski definition) is 5. The minimum Gasteiger partial charge on any atom is -0.356 e. The number of aryl methyl sites for hydroxylation is 2. The lowest BCUT2D eigenvalue weighted by molar-refractivity contribution is -0.129. The van der Waals surface area contributed by atoms with Crippen molar-refractivity contribution in [1.82, 2.24) is 24.4 Å². The standard InChI is InChI=1S/C20H28N6O/c1-14-22-19-13-25(16(3)27)9-6-18(19)20(23-14)26-8-4-5-17(12-26)11-24-10-7-21-15(24)2/h7,10,17H,4-6,8-9,11-13H2,1-3H3/t17-/m1/s1. The van der Waals surface area contributed by atoms with E-state index in [2.05, 4.69) is 32.6 Å². The van der Waals surface area contributed by atoms with E-state index >= 15 is 0 Å². The van der Waals surface area contributed by atoms with E-state index in [1.807, 2.05) is 18.0 Å². The van der Waals surface area contributed by atoms with Crippen molar-refractivity contribution in [2.75, 3.05) is 24.5 Å². The van der Waals surface area contributed by atoms with E-state index < -0.39 is 0 Å². The fourth-order valence-corrected chi connectivity index (χ4v) is 4.34. The third-order valence-corrected chi connectivity index (χ3v) is 5.80. The summed E-state index contributed by atoms with van der Waals surface area (Å²) in [5, 5.41) is 0. The van der Waals surface area contributed by atoms with Crippen molar-refractivity contribution in [1.29, 1.82) is 0 Å². The first-order chi connectivity index (χ1) is 13.0. The predicted molar refractivity (Wildman–Crippen MR) is 103 cm³/mol. The average Bonchev–Trinajstić information content (AvgIpc) is 3.05. The minimum atomic E-state index is 0.118. The number of rotatable bonds is 3. The van der Waals surface area contributed by atoms with Gasteiger partial charge in [0.05, 0.1) is 12.2 Å². The van der Waals surface area contributed by atoms with Crippen LogP contribution < -0.4 is 4.90 Å². The van der Waals surface area contributed by atoms with Crippen molar-refractivity contribution in [2.45, 2.75) is 53.1 Å². The molecule has 1 saturated heterocycles. The molecule has 4 rings (SSSR count). The lowest BCUT2D eigenvalue weighted by atomic mass is 9.96. The van der Waals surface area contributed by atoms with Gasteiger partial charge in [-0.05, 0) is 39.0 Å². The second kappa shape index (κ2) is 7.29. The van der Waals surface area contributed by atoms with Crippen LogP contribution in [0.2, 0.25) is 0 Å².